The molecule has 0 spiro atoms. The lowest BCUT2D eigenvalue weighted by Gasteiger charge is -2.38. The van der Waals surface area contributed by atoms with Gasteiger partial charge in [0.25, 0.3) is 0 Å². The van der Waals surface area contributed by atoms with Crippen molar-refractivity contribution < 1.29 is 14.3 Å². The molecule has 0 bridgehead atoms. The molecule has 2 unspecified atom stereocenters. The first-order valence-electron chi connectivity index (χ1n) is 10.7. The highest BCUT2D eigenvalue weighted by molar-refractivity contribution is 5.95. The van der Waals surface area contributed by atoms with Gasteiger partial charge >= 0.3 is 0 Å². The average molecular weight is 430 g/mol. The van der Waals surface area contributed by atoms with E-state index in [0.717, 1.165) is 29.1 Å². The number of carbonyl (C=O) groups excluding carboxylic acids is 2. The Bertz CT molecular complexity index is 1100. The third kappa shape index (κ3) is 4.59. The molecular weight excluding hydrogens is 402 g/mol. The Labute approximate surface area is 188 Å². The highest BCUT2D eigenvalue weighted by atomic mass is 16.5. The smallest absolute Gasteiger partial charge is 0.245 e. The first-order valence-corrected chi connectivity index (χ1v) is 10.7. The standard InChI is InChI=1S/C26H27N3O3/c1-19(27-24(30)15-12-20-10-13-22(32-2)14-11-20)26(31)29-18-17-28-16-6-9-23(28)25(29)21-7-4-3-5-8-21/h3-16,19,25H,17-18H2,1-2H3,(H,27,30)/b15-12+. The molecule has 32 heavy (non-hydrogen) atoms. The topological polar surface area (TPSA) is 63.6 Å². The quantitative estimate of drug-likeness (QED) is 0.609. The Morgan fingerprint density at radius 2 is 1.78 bits per heavy atom. The predicted octanol–water partition coefficient (Wildman–Crippen LogP) is 3.65. The van der Waals surface area contributed by atoms with Crippen LogP contribution in [0, 0.1) is 0 Å². The summed E-state index contributed by atoms with van der Waals surface area (Å²) in [5.41, 5.74) is 3.01. The molecule has 1 aromatic heterocycles. The second-order valence-corrected chi connectivity index (χ2v) is 7.81. The zero-order valence-corrected chi connectivity index (χ0v) is 18.3. The van der Waals surface area contributed by atoms with Gasteiger partial charge in [0, 0.05) is 31.1 Å². The molecule has 1 aliphatic heterocycles. The van der Waals surface area contributed by atoms with Gasteiger partial charge in [-0.15, -0.1) is 0 Å². The number of fused-ring (bicyclic) bond motifs is 1. The SMILES string of the molecule is COc1ccc(/C=C/C(=O)NC(C)C(=O)N2CCn3cccc3C2c2ccccc2)cc1. The largest absolute Gasteiger partial charge is 0.497 e. The number of rotatable bonds is 6. The van der Waals surface area contributed by atoms with E-state index in [1.54, 1.807) is 20.1 Å². The van der Waals surface area contributed by atoms with Crippen molar-refractivity contribution in [3.8, 4) is 5.75 Å². The number of aromatic nitrogens is 1. The number of amides is 2. The van der Waals surface area contributed by atoms with E-state index in [0.29, 0.717) is 6.54 Å². The van der Waals surface area contributed by atoms with Gasteiger partial charge in [0.1, 0.15) is 11.8 Å². The van der Waals surface area contributed by atoms with Crippen molar-refractivity contribution in [2.75, 3.05) is 13.7 Å². The van der Waals surface area contributed by atoms with Crippen LogP contribution in [0.15, 0.2) is 79.0 Å². The zero-order chi connectivity index (χ0) is 22.5. The van der Waals surface area contributed by atoms with E-state index in [9.17, 15) is 9.59 Å². The lowest BCUT2D eigenvalue weighted by Crippen LogP contribution is -2.50. The molecule has 0 radical (unpaired) electrons. The predicted molar refractivity (Wildman–Crippen MR) is 124 cm³/mol. The number of ether oxygens (including phenoxy) is 1. The maximum atomic E-state index is 13.4. The minimum Gasteiger partial charge on any atom is -0.497 e. The molecule has 6 nitrogen and oxygen atoms in total. The fraction of sp³-hybridized carbons (Fsp3) is 0.231. The van der Waals surface area contributed by atoms with Gasteiger partial charge in [-0.2, -0.15) is 0 Å². The Morgan fingerprint density at radius 3 is 2.50 bits per heavy atom. The van der Waals surface area contributed by atoms with Crippen LogP contribution in [0.3, 0.4) is 0 Å². The van der Waals surface area contributed by atoms with E-state index in [-0.39, 0.29) is 17.9 Å². The molecule has 2 amide bonds. The second kappa shape index (κ2) is 9.56. The van der Waals surface area contributed by atoms with Crippen molar-refractivity contribution in [2.45, 2.75) is 25.6 Å². The van der Waals surface area contributed by atoms with Gasteiger partial charge in [-0.3, -0.25) is 9.59 Å². The number of nitrogens with one attached hydrogen (secondary N) is 1. The Kier molecular flexibility index (Phi) is 6.40. The van der Waals surface area contributed by atoms with E-state index in [1.165, 1.54) is 6.08 Å². The van der Waals surface area contributed by atoms with Crippen molar-refractivity contribution in [3.63, 3.8) is 0 Å². The molecule has 2 heterocycles. The summed E-state index contributed by atoms with van der Waals surface area (Å²) in [5.74, 6) is 0.349. The maximum Gasteiger partial charge on any atom is 0.245 e. The van der Waals surface area contributed by atoms with Crippen LogP contribution < -0.4 is 10.1 Å². The third-order valence-corrected chi connectivity index (χ3v) is 5.71. The Morgan fingerprint density at radius 1 is 1.03 bits per heavy atom. The molecule has 4 rings (SSSR count). The molecule has 0 fully saturated rings. The summed E-state index contributed by atoms with van der Waals surface area (Å²) in [6.07, 6.45) is 5.20. The van der Waals surface area contributed by atoms with Crippen molar-refractivity contribution in [3.05, 3.63) is 95.8 Å². The summed E-state index contributed by atoms with van der Waals surface area (Å²) < 4.78 is 7.32. The fourth-order valence-corrected chi connectivity index (χ4v) is 4.07. The highest BCUT2D eigenvalue weighted by Gasteiger charge is 2.34. The van der Waals surface area contributed by atoms with Crippen LogP contribution in [0.5, 0.6) is 5.75 Å². The van der Waals surface area contributed by atoms with Crippen LogP contribution >= 0.6 is 0 Å². The van der Waals surface area contributed by atoms with E-state index in [4.69, 9.17) is 4.74 Å². The molecule has 6 heteroatoms. The molecule has 0 aliphatic carbocycles. The summed E-state index contributed by atoms with van der Waals surface area (Å²) in [5, 5.41) is 2.81. The number of nitrogens with zero attached hydrogens (tertiary/aromatic N) is 2. The molecule has 164 valence electrons. The van der Waals surface area contributed by atoms with Crippen LogP contribution in [-0.4, -0.2) is 41.0 Å². The van der Waals surface area contributed by atoms with E-state index in [1.807, 2.05) is 71.8 Å². The summed E-state index contributed by atoms with van der Waals surface area (Å²) in [4.78, 5) is 27.7. The van der Waals surface area contributed by atoms with Crippen LogP contribution in [0.1, 0.15) is 29.8 Å². The Balaban J connectivity index is 1.46. The molecule has 2 aromatic carbocycles. The minimum absolute atomic E-state index is 0.0995. The molecule has 3 aromatic rings. The van der Waals surface area contributed by atoms with Crippen LogP contribution in [0.25, 0.3) is 6.08 Å². The summed E-state index contributed by atoms with van der Waals surface area (Å²) >= 11 is 0. The van der Waals surface area contributed by atoms with Gasteiger partial charge in [-0.1, -0.05) is 42.5 Å². The van der Waals surface area contributed by atoms with Gasteiger partial charge in [0.2, 0.25) is 11.8 Å². The van der Waals surface area contributed by atoms with Crippen molar-refractivity contribution >= 4 is 17.9 Å². The van der Waals surface area contributed by atoms with Crippen LogP contribution in [-0.2, 0) is 16.1 Å². The molecule has 0 saturated heterocycles. The summed E-state index contributed by atoms with van der Waals surface area (Å²) in [7, 11) is 1.61. The van der Waals surface area contributed by atoms with E-state index < -0.39 is 6.04 Å². The van der Waals surface area contributed by atoms with Crippen molar-refractivity contribution in [1.29, 1.82) is 0 Å². The molecule has 1 aliphatic rings. The third-order valence-electron chi connectivity index (χ3n) is 5.71. The Hall–Kier alpha value is -3.80. The summed E-state index contributed by atoms with van der Waals surface area (Å²) in [6, 6.07) is 20.6. The first-order chi connectivity index (χ1) is 15.6. The van der Waals surface area contributed by atoms with Crippen LogP contribution in [0.2, 0.25) is 0 Å². The van der Waals surface area contributed by atoms with Gasteiger partial charge < -0.3 is 19.5 Å². The van der Waals surface area contributed by atoms with Gasteiger partial charge in [-0.05, 0) is 48.4 Å². The maximum absolute atomic E-state index is 13.4. The first kappa shape index (κ1) is 21.4. The normalized spacial score (nSPS) is 16.4. The van der Waals surface area contributed by atoms with Gasteiger partial charge in [0.05, 0.1) is 13.2 Å². The highest BCUT2D eigenvalue weighted by Crippen LogP contribution is 2.32. The fourth-order valence-electron chi connectivity index (χ4n) is 4.07. The van der Waals surface area contributed by atoms with Crippen LogP contribution in [0.4, 0.5) is 0 Å². The average Bonchev–Trinajstić information content (AvgIpc) is 3.31. The van der Waals surface area contributed by atoms with Gasteiger partial charge in [0.15, 0.2) is 0 Å². The number of methoxy groups -OCH3 is 1. The second-order valence-electron chi connectivity index (χ2n) is 7.81. The van der Waals surface area contributed by atoms with E-state index >= 15 is 0 Å². The molecular formula is C26H27N3O3. The summed E-state index contributed by atoms with van der Waals surface area (Å²) in [6.45, 7) is 3.05. The number of hydrogen-bond acceptors (Lipinski definition) is 3. The number of hydrogen-bond donors (Lipinski definition) is 1. The zero-order valence-electron chi connectivity index (χ0n) is 18.3. The molecule has 2 atom stereocenters. The monoisotopic (exact) mass is 429 g/mol. The van der Waals surface area contributed by atoms with Crippen molar-refractivity contribution in [1.82, 2.24) is 14.8 Å². The molecule has 1 N–H and O–H groups in total. The number of carbonyl (C=O) groups is 2. The van der Waals surface area contributed by atoms with Gasteiger partial charge in [-0.25, -0.2) is 0 Å². The van der Waals surface area contributed by atoms with E-state index in [2.05, 4.69) is 16.0 Å². The lowest BCUT2D eigenvalue weighted by molar-refractivity contribution is -0.137. The van der Waals surface area contributed by atoms with Crippen molar-refractivity contribution in [2.24, 2.45) is 0 Å². The minimum atomic E-state index is -0.643. The molecule has 0 saturated carbocycles. The number of benzene rings is 2. The lowest BCUT2D eigenvalue weighted by atomic mass is 9.99.